The molecule has 0 aliphatic rings. The SMILES string of the molecule is CC(=O)O[Si](OC(C)=O)(OC(C)=O)OC(C)=O.[Si]. The van der Waals surface area contributed by atoms with Gasteiger partial charge in [0.05, 0.1) is 0 Å². The maximum Gasteiger partial charge on any atom is 0.974 e. The van der Waals surface area contributed by atoms with E-state index in [4.69, 9.17) is 0 Å². The molecule has 0 heterocycles. The van der Waals surface area contributed by atoms with Gasteiger partial charge in [-0.05, 0) is 0 Å². The van der Waals surface area contributed by atoms with Crippen LogP contribution in [0.25, 0.3) is 0 Å². The van der Waals surface area contributed by atoms with Crippen LogP contribution in [0.3, 0.4) is 0 Å². The molecule has 0 aromatic carbocycles. The fraction of sp³-hybridized carbons (Fsp3) is 0.500. The maximum atomic E-state index is 10.8. The largest absolute Gasteiger partial charge is 0.974 e. The predicted octanol–water partition coefficient (Wildman–Crippen LogP) is -0.706. The highest BCUT2D eigenvalue weighted by molar-refractivity contribution is 6.60. The third kappa shape index (κ3) is 7.56. The molecule has 8 nitrogen and oxygen atoms in total. The van der Waals surface area contributed by atoms with Gasteiger partial charge in [-0.2, -0.15) is 0 Å². The molecule has 0 saturated carbocycles. The average Bonchev–Trinajstić information content (AvgIpc) is 1.95. The van der Waals surface area contributed by atoms with E-state index in [9.17, 15) is 19.2 Å². The van der Waals surface area contributed by atoms with Gasteiger partial charge in [0.1, 0.15) is 0 Å². The fourth-order valence-corrected chi connectivity index (χ4v) is 2.49. The second-order valence-corrected chi connectivity index (χ2v) is 4.69. The molecule has 0 atom stereocenters. The Hall–Kier alpha value is -1.69. The Labute approximate surface area is 109 Å². The first-order valence-electron chi connectivity index (χ1n) is 4.45. The van der Waals surface area contributed by atoms with E-state index < -0.39 is 32.9 Å². The van der Waals surface area contributed by atoms with E-state index in [0.29, 0.717) is 0 Å². The zero-order valence-electron chi connectivity index (χ0n) is 10.3. The normalized spacial score (nSPS) is 9.56. The zero-order valence-corrected chi connectivity index (χ0v) is 12.3. The van der Waals surface area contributed by atoms with Crippen LogP contribution in [0.15, 0.2) is 0 Å². The molecule has 0 amide bonds. The highest BCUT2D eigenvalue weighted by Gasteiger charge is 2.61. The van der Waals surface area contributed by atoms with Crippen LogP contribution >= 0.6 is 0 Å². The summed E-state index contributed by atoms with van der Waals surface area (Å²) in [5.74, 6) is -3.67. The van der Waals surface area contributed by atoms with Crippen LogP contribution in [0.5, 0.6) is 0 Å². The molecule has 100 valence electrons. The number of rotatable bonds is 4. The van der Waals surface area contributed by atoms with Crippen molar-refractivity contribution in [3.8, 4) is 0 Å². The highest BCUT2D eigenvalue weighted by atomic mass is 28.4. The molecule has 0 saturated heterocycles. The molecule has 4 radical (unpaired) electrons. The minimum Gasteiger partial charge on any atom is -0.423 e. The summed E-state index contributed by atoms with van der Waals surface area (Å²) >= 11 is 0. The quantitative estimate of drug-likeness (QED) is 0.626. The van der Waals surface area contributed by atoms with E-state index >= 15 is 0 Å². The summed E-state index contributed by atoms with van der Waals surface area (Å²) in [7, 11) is -4.45. The first kappa shape index (κ1) is 18.7. The molecule has 10 heteroatoms. The van der Waals surface area contributed by atoms with Crippen molar-refractivity contribution in [2.45, 2.75) is 27.7 Å². The van der Waals surface area contributed by atoms with Gasteiger partial charge in [-0.15, -0.1) is 0 Å². The van der Waals surface area contributed by atoms with Crippen LogP contribution in [0.2, 0.25) is 0 Å². The van der Waals surface area contributed by atoms with E-state index in [1.165, 1.54) is 0 Å². The van der Waals surface area contributed by atoms with Crippen LogP contribution in [0.1, 0.15) is 27.7 Å². The van der Waals surface area contributed by atoms with Crippen LogP contribution in [0, 0.1) is 0 Å². The first-order valence-corrected chi connectivity index (χ1v) is 6.08. The Morgan fingerprint density at radius 1 is 0.611 bits per heavy atom. The van der Waals surface area contributed by atoms with Gasteiger partial charge in [0.2, 0.25) is 0 Å². The Balaban J connectivity index is 0. The highest BCUT2D eigenvalue weighted by Crippen LogP contribution is 2.13. The molecule has 0 aromatic rings. The van der Waals surface area contributed by atoms with Crippen molar-refractivity contribution in [2.75, 3.05) is 0 Å². The van der Waals surface area contributed by atoms with Crippen molar-refractivity contribution >= 4 is 43.9 Å². The standard InChI is InChI=1S/C8H12O8Si.Si/c1-5(9)13-17(14-6(2)10,15-7(3)11)16-8(4)12;/h1-4H3;. The van der Waals surface area contributed by atoms with Crippen molar-refractivity contribution in [3.05, 3.63) is 0 Å². The summed E-state index contributed by atoms with van der Waals surface area (Å²) in [5.41, 5.74) is 0. The van der Waals surface area contributed by atoms with Crippen molar-refractivity contribution in [1.29, 1.82) is 0 Å². The first-order chi connectivity index (χ1) is 7.67. The Morgan fingerprint density at radius 3 is 0.889 bits per heavy atom. The summed E-state index contributed by atoms with van der Waals surface area (Å²) in [4.78, 5) is 43.4. The van der Waals surface area contributed by atoms with Crippen molar-refractivity contribution < 1.29 is 36.9 Å². The second-order valence-electron chi connectivity index (χ2n) is 2.87. The van der Waals surface area contributed by atoms with E-state index in [2.05, 4.69) is 17.7 Å². The van der Waals surface area contributed by atoms with E-state index in [1.54, 1.807) is 0 Å². The van der Waals surface area contributed by atoms with E-state index in [1.807, 2.05) is 0 Å². The molecule has 0 spiro atoms. The summed E-state index contributed by atoms with van der Waals surface area (Å²) in [6.07, 6.45) is 0. The lowest BCUT2D eigenvalue weighted by Gasteiger charge is -2.22. The van der Waals surface area contributed by atoms with Crippen LogP contribution < -0.4 is 0 Å². The molecule has 0 rings (SSSR count). The van der Waals surface area contributed by atoms with Gasteiger partial charge < -0.3 is 17.7 Å². The molecule has 0 bridgehead atoms. The summed E-state index contributed by atoms with van der Waals surface area (Å²) in [6.45, 7) is 3.94. The Morgan fingerprint density at radius 2 is 0.778 bits per heavy atom. The number of hydrogen-bond donors (Lipinski definition) is 0. The maximum absolute atomic E-state index is 10.8. The van der Waals surface area contributed by atoms with Crippen LogP contribution in [0.4, 0.5) is 0 Å². The van der Waals surface area contributed by atoms with Crippen LogP contribution in [-0.4, -0.2) is 43.9 Å². The van der Waals surface area contributed by atoms with Crippen molar-refractivity contribution in [2.24, 2.45) is 0 Å². The smallest absolute Gasteiger partial charge is 0.423 e. The third-order valence-electron chi connectivity index (χ3n) is 1.07. The molecule has 0 unspecified atom stereocenters. The minimum absolute atomic E-state index is 0. The van der Waals surface area contributed by atoms with Gasteiger partial charge in [-0.3, -0.25) is 19.2 Å². The topological polar surface area (TPSA) is 105 Å². The van der Waals surface area contributed by atoms with Gasteiger partial charge in [-0.25, -0.2) is 0 Å². The van der Waals surface area contributed by atoms with Gasteiger partial charge >= 0.3 is 9.05 Å². The third-order valence-corrected chi connectivity index (χ3v) is 3.22. The van der Waals surface area contributed by atoms with E-state index in [0.717, 1.165) is 27.7 Å². The minimum atomic E-state index is -4.45. The number of carbonyl (C=O) groups excluding carboxylic acids is 4. The predicted molar refractivity (Wildman–Crippen MR) is 58.6 cm³/mol. The van der Waals surface area contributed by atoms with Gasteiger partial charge in [0.25, 0.3) is 23.9 Å². The number of hydrogen-bond acceptors (Lipinski definition) is 8. The molecular weight excluding hydrogens is 280 g/mol. The fourth-order valence-electron chi connectivity index (χ4n) is 0.829. The average molecular weight is 292 g/mol. The second kappa shape index (κ2) is 7.60. The summed E-state index contributed by atoms with van der Waals surface area (Å²) in [6, 6.07) is 0. The van der Waals surface area contributed by atoms with Crippen LogP contribution in [-0.2, 0) is 36.9 Å². The monoisotopic (exact) mass is 292 g/mol. The van der Waals surface area contributed by atoms with Crippen molar-refractivity contribution in [1.82, 2.24) is 0 Å². The molecule has 0 fully saturated rings. The molecular formula is C8H12O8Si2. The lowest BCUT2D eigenvalue weighted by Crippen LogP contribution is -2.53. The Kier molecular flexibility index (Phi) is 7.89. The van der Waals surface area contributed by atoms with Gasteiger partial charge in [0.15, 0.2) is 0 Å². The molecule has 0 N–H and O–H groups in total. The zero-order chi connectivity index (χ0) is 13.6. The summed E-state index contributed by atoms with van der Waals surface area (Å²) in [5, 5.41) is 0. The summed E-state index contributed by atoms with van der Waals surface area (Å²) < 4.78 is 18.2. The Bertz CT molecular complexity index is 283. The molecule has 18 heavy (non-hydrogen) atoms. The van der Waals surface area contributed by atoms with E-state index in [-0.39, 0.29) is 11.0 Å². The van der Waals surface area contributed by atoms with Gasteiger partial charge in [0, 0.05) is 38.7 Å². The molecule has 0 aliphatic heterocycles. The lowest BCUT2D eigenvalue weighted by atomic mass is 10.8. The lowest BCUT2D eigenvalue weighted by molar-refractivity contribution is -0.160. The number of carbonyl (C=O) groups is 4. The molecule has 0 aromatic heterocycles. The van der Waals surface area contributed by atoms with Crippen molar-refractivity contribution in [3.63, 3.8) is 0 Å². The molecule has 0 aliphatic carbocycles. The van der Waals surface area contributed by atoms with Gasteiger partial charge in [-0.1, -0.05) is 0 Å².